The Morgan fingerprint density at radius 3 is 2.64 bits per heavy atom. The van der Waals surface area contributed by atoms with Crippen molar-refractivity contribution in [1.82, 2.24) is 4.98 Å². The van der Waals surface area contributed by atoms with E-state index in [0.717, 1.165) is 40.1 Å². The van der Waals surface area contributed by atoms with E-state index in [1.807, 2.05) is 25.1 Å². The molecule has 0 aliphatic carbocycles. The number of hydrogen-bond donors (Lipinski definition) is 3. The van der Waals surface area contributed by atoms with Gasteiger partial charge in [0.05, 0.1) is 34.3 Å². The second kappa shape index (κ2) is 11.9. The van der Waals surface area contributed by atoms with Gasteiger partial charge in [-0.1, -0.05) is 45.4 Å². The highest BCUT2D eigenvalue weighted by molar-refractivity contribution is 7.18. The number of fused-ring (bicyclic) bond motifs is 1. The lowest BCUT2D eigenvalue weighted by Crippen LogP contribution is -2.45. The van der Waals surface area contributed by atoms with Crippen LogP contribution in [0.5, 0.6) is 0 Å². The molecule has 7 nitrogen and oxygen atoms in total. The predicted octanol–water partition coefficient (Wildman–Crippen LogP) is 4.84. The SMILES string of the molecule is C/C1=C/CC(c2ccc3sc(CN)nc3c2)OC(=O)CC(O)C(C)(C)C(=O)C(C)C(O)C(C)CCC1. The highest BCUT2D eigenvalue weighted by Gasteiger charge is 2.42. The van der Waals surface area contributed by atoms with Crippen LogP contribution >= 0.6 is 11.3 Å². The Kier molecular flexibility index (Phi) is 9.44. The van der Waals surface area contributed by atoms with Gasteiger partial charge in [-0.05, 0) is 49.8 Å². The monoisotopic (exact) mass is 516 g/mol. The molecule has 5 atom stereocenters. The molecular formula is C28H40N2O5S. The van der Waals surface area contributed by atoms with E-state index < -0.39 is 35.6 Å². The smallest absolute Gasteiger partial charge is 0.309 e. The van der Waals surface area contributed by atoms with Crippen LogP contribution in [0.4, 0.5) is 0 Å². The van der Waals surface area contributed by atoms with Gasteiger partial charge in [0.25, 0.3) is 0 Å². The zero-order chi connectivity index (χ0) is 26.6. The lowest BCUT2D eigenvalue weighted by Gasteiger charge is -2.34. The number of aliphatic hydroxyl groups is 2. The summed E-state index contributed by atoms with van der Waals surface area (Å²) >= 11 is 1.54. The van der Waals surface area contributed by atoms with E-state index in [1.165, 1.54) is 5.57 Å². The van der Waals surface area contributed by atoms with Crippen molar-refractivity contribution in [3.63, 3.8) is 0 Å². The minimum atomic E-state index is -1.23. The van der Waals surface area contributed by atoms with Crippen LogP contribution in [0, 0.1) is 17.3 Å². The summed E-state index contributed by atoms with van der Waals surface area (Å²) in [5, 5.41) is 22.5. The molecule has 0 spiro atoms. The molecule has 1 aliphatic heterocycles. The lowest BCUT2D eigenvalue weighted by atomic mass is 9.73. The fraction of sp³-hybridized carbons (Fsp3) is 0.607. The van der Waals surface area contributed by atoms with Crippen LogP contribution in [-0.4, -0.2) is 39.2 Å². The van der Waals surface area contributed by atoms with E-state index >= 15 is 0 Å². The normalized spacial score (nSPS) is 30.6. The van der Waals surface area contributed by atoms with Gasteiger partial charge in [-0.2, -0.15) is 0 Å². The fourth-order valence-electron chi connectivity index (χ4n) is 4.83. The molecule has 36 heavy (non-hydrogen) atoms. The first-order valence-electron chi connectivity index (χ1n) is 12.8. The van der Waals surface area contributed by atoms with Crippen LogP contribution in [0.15, 0.2) is 29.8 Å². The summed E-state index contributed by atoms with van der Waals surface area (Å²) in [6.45, 7) is 9.33. The number of rotatable bonds is 2. The number of ether oxygens (including phenoxy) is 1. The largest absolute Gasteiger partial charge is 0.457 e. The van der Waals surface area contributed by atoms with Crippen molar-refractivity contribution >= 4 is 33.3 Å². The van der Waals surface area contributed by atoms with Crippen molar-refractivity contribution in [2.24, 2.45) is 23.0 Å². The third-order valence-corrected chi connectivity index (χ3v) is 8.58. The van der Waals surface area contributed by atoms with Crippen molar-refractivity contribution in [2.45, 2.75) is 91.6 Å². The Morgan fingerprint density at radius 2 is 1.94 bits per heavy atom. The van der Waals surface area contributed by atoms with Gasteiger partial charge in [0.1, 0.15) is 16.9 Å². The van der Waals surface area contributed by atoms with Crippen LogP contribution in [0.3, 0.4) is 0 Å². The molecule has 0 fully saturated rings. The molecule has 0 saturated carbocycles. The van der Waals surface area contributed by atoms with Crippen molar-refractivity contribution in [1.29, 1.82) is 0 Å². The summed E-state index contributed by atoms with van der Waals surface area (Å²) in [6, 6.07) is 5.84. The maximum absolute atomic E-state index is 13.2. The highest BCUT2D eigenvalue weighted by Crippen LogP contribution is 2.34. The number of nitrogens with zero attached hydrogens (tertiary/aromatic N) is 1. The fourth-order valence-corrected chi connectivity index (χ4v) is 5.66. The molecule has 0 amide bonds. The van der Waals surface area contributed by atoms with E-state index in [9.17, 15) is 19.8 Å². The van der Waals surface area contributed by atoms with Crippen LogP contribution in [0.25, 0.3) is 10.2 Å². The minimum absolute atomic E-state index is 0.0569. The molecule has 3 rings (SSSR count). The topological polar surface area (TPSA) is 123 Å². The maximum atomic E-state index is 13.2. The van der Waals surface area contributed by atoms with E-state index in [0.29, 0.717) is 13.0 Å². The first-order chi connectivity index (χ1) is 16.9. The van der Waals surface area contributed by atoms with Gasteiger partial charge in [-0.25, -0.2) is 4.98 Å². The first-order valence-corrected chi connectivity index (χ1v) is 13.6. The number of aromatic nitrogens is 1. The number of carbonyl (C=O) groups excluding carboxylic acids is 2. The molecule has 0 radical (unpaired) electrons. The Labute approximate surface area is 217 Å². The van der Waals surface area contributed by atoms with Gasteiger partial charge in [0, 0.05) is 18.9 Å². The Hall–Kier alpha value is -2.13. The molecule has 8 heteroatoms. The van der Waals surface area contributed by atoms with Crippen LogP contribution in [0.1, 0.15) is 83.4 Å². The Balaban J connectivity index is 1.91. The number of benzene rings is 1. The van der Waals surface area contributed by atoms with Gasteiger partial charge in [-0.3, -0.25) is 9.59 Å². The third-order valence-electron chi connectivity index (χ3n) is 7.52. The van der Waals surface area contributed by atoms with Crippen molar-refractivity contribution in [3.05, 3.63) is 40.4 Å². The molecule has 5 unspecified atom stereocenters. The van der Waals surface area contributed by atoms with E-state index in [4.69, 9.17) is 10.5 Å². The molecule has 2 aromatic rings. The number of carbonyl (C=O) groups is 2. The van der Waals surface area contributed by atoms with E-state index in [2.05, 4.69) is 18.0 Å². The minimum Gasteiger partial charge on any atom is -0.457 e. The van der Waals surface area contributed by atoms with Gasteiger partial charge in [0.2, 0.25) is 0 Å². The number of hydrogen-bond acceptors (Lipinski definition) is 8. The molecule has 198 valence electrons. The molecule has 0 bridgehead atoms. The lowest BCUT2D eigenvalue weighted by molar-refractivity contribution is -0.155. The molecule has 1 aromatic heterocycles. The average Bonchev–Trinajstić information content (AvgIpc) is 3.26. The number of ketones is 1. The summed E-state index contributed by atoms with van der Waals surface area (Å²) in [6.07, 6.45) is 2.21. The van der Waals surface area contributed by atoms with Crippen molar-refractivity contribution in [3.8, 4) is 0 Å². The number of thiazole rings is 1. The average molecular weight is 517 g/mol. The molecular weight excluding hydrogens is 476 g/mol. The van der Waals surface area contributed by atoms with Crippen molar-refractivity contribution < 1.29 is 24.5 Å². The predicted molar refractivity (Wildman–Crippen MR) is 142 cm³/mol. The molecule has 2 heterocycles. The second-order valence-electron chi connectivity index (χ2n) is 10.8. The maximum Gasteiger partial charge on any atom is 0.309 e. The standard InChI is InChI=1S/C28H40N2O5S/c1-16-7-6-8-17(2)26(33)18(3)27(34)28(4,5)23(31)14-25(32)35-21(11-9-16)19-10-12-22-20(13-19)30-24(15-29)36-22/h9-10,12-13,17-18,21,23,26,31,33H,6-8,11,14-15,29H2,1-5H3/b16-9-. The Morgan fingerprint density at radius 1 is 1.22 bits per heavy atom. The zero-order valence-electron chi connectivity index (χ0n) is 22.0. The number of aliphatic hydroxyl groups excluding tert-OH is 2. The second-order valence-corrected chi connectivity index (χ2v) is 11.9. The van der Waals surface area contributed by atoms with Gasteiger partial charge < -0.3 is 20.7 Å². The van der Waals surface area contributed by atoms with Crippen LogP contribution < -0.4 is 5.73 Å². The number of Topliss-reactive ketones (excluding diaryl/α,β-unsaturated/α-hetero) is 1. The summed E-state index contributed by atoms with van der Waals surface area (Å²) in [5.41, 5.74) is 7.36. The van der Waals surface area contributed by atoms with E-state index in [-0.39, 0.29) is 18.1 Å². The number of esters is 1. The summed E-state index contributed by atoms with van der Waals surface area (Å²) in [7, 11) is 0. The molecule has 1 aliphatic rings. The third kappa shape index (κ3) is 6.59. The summed E-state index contributed by atoms with van der Waals surface area (Å²) in [5.74, 6) is -1.54. The van der Waals surface area contributed by atoms with Crippen LogP contribution in [-0.2, 0) is 20.9 Å². The quantitative estimate of drug-likeness (QED) is 0.386. The summed E-state index contributed by atoms with van der Waals surface area (Å²) in [4.78, 5) is 30.8. The Bertz CT molecular complexity index is 1110. The number of allylic oxidation sites excluding steroid dienone is 1. The van der Waals surface area contributed by atoms with Gasteiger partial charge >= 0.3 is 5.97 Å². The van der Waals surface area contributed by atoms with Gasteiger partial charge in [-0.15, -0.1) is 11.3 Å². The molecule has 0 saturated heterocycles. The molecule has 4 N–H and O–H groups in total. The molecule has 1 aromatic carbocycles. The van der Waals surface area contributed by atoms with Gasteiger partial charge in [0.15, 0.2) is 0 Å². The highest BCUT2D eigenvalue weighted by atomic mass is 32.1. The summed E-state index contributed by atoms with van der Waals surface area (Å²) < 4.78 is 6.90. The zero-order valence-corrected chi connectivity index (χ0v) is 22.8. The number of cyclic esters (lactones) is 1. The number of nitrogens with two attached hydrogens (primary N) is 1. The van der Waals surface area contributed by atoms with Crippen LogP contribution in [0.2, 0.25) is 0 Å². The van der Waals surface area contributed by atoms with Crippen molar-refractivity contribution in [2.75, 3.05) is 0 Å². The first kappa shape index (κ1) is 28.4. The van der Waals surface area contributed by atoms with E-state index in [1.54, 1.807) is 32.1 Å².